The molecule has 0 amide bonds. The first-order valence-electron chi connectivity index (χ1n) is 14.2. The Morgan fingerprint density at radius 3 is 1.37 bits per heavy atom. The fourth-order valence-electron chi connectivity index (χ4n) is 6.81. The lowest BCUT2D eigenvalue weighted by Crippen LogP contribution is -2.55. The molecule has 43 heavy (non-hydrogen) atoms. The summed E-state index contributed by atoms with van der Waals surface area (Å²) >= 11 is 0. The highest BCUT2D eigenvalue weighted by Gasteiger charge is 2.21. The number of hydrogen-bond donors (Lipinski definition) is 0. The highest BCUT2D eigenvalue weighted by Crippen LogP contribution is 2.45. The minimum absolute atomic E-state index is 0.208. The minimum Gasteiger partial charge on any atom is -0.112 e. The Labute approximate surface area is 257 Å². The summed E-state index contributed by atoms with van der Waals surface area (Å²) in [5.74, 6) is 0. The van der Waals surface area contributed by atoms with E-state index >= 15 is 0 Å². The molecule has 0 aliphatic carbocycles. The summed E-state index contributed by atoms with van der Waals surface area (Å²) in [5, 5.41) is 11.5. The van der Waals surface area contributed by atoms with E-state index in [2.05, 4.69) is 103 Å². The molecule has 8 aromatic carbocycles. The highest BCUT2D eigenvalue weighted by atomic mass is 14.2. The Hall–Kier alpha value is -4.62. The van der Waals surface area contributed by atoms with Crippen molar-refractivity contribution in [1.82, 2.24) is 0 Å². The van der Waals surface area contributed by atoms with Gasteiger partial charge in [-0.05, 0) is 88.2 Å². The Morgan fingerprint density at radius 1 is 0.279 bits per heavy atom. The SMILES string of the molecule is [B]c1c([B])c([B])c(-c2c3ccccc3c(-c3cccc4c3ccc3cc5ccccc5cc34)c3ccccc23)c([B])c1[B]. The lowest BCUT2D eigenvalue weighted by atomic mass is 9.59. The van der Waals surface area contributed by atoms with Crippen LogP contribution in [0.2, 0.25) is 0 Å². The monoisotopic (exact) mass is 530 g/mol. The second-order valence-corrected chi connectivity index (χ2v) is 11.2. The Morgan fingerprint density at radius 2 is 0.767 bits per heavy atom. The predicted molar refractivity (Wildman–Crippen MR) is 192 cm³/mol. The molecule has 5 heteroatoms. The van der Waals surface area contributed by atoms with E-state index in [-0.39, 0.29) is 16.4 Å². The normalized spacial score (nSPS) is 11.7. The summed E-state index contributed by atoms with van der Waals surface area (Å²) in [6, 6.07) is 40.9. The van der Waals surface area contributed by atoms with Crippen molar-refractivity contribution in [3.05, 3.63) is 115 Å². The average molecular weight is 530 g/mol. The summed E-state index contributed by atoms with van der Waals surface area (Å²) < 4.78 is 0. The topological polar surface area (TPSA) is 0 Å². The van der Waals surface area contributed by atoms with Crippen LogP contribution < -0.4 is 27.3 Å². The molecular formula is C38H19B5. The molecule has 10 radical (unpaired) electrons. The van der Waals surface area contributed by atoms with Crippen molar-refractivity contribution in [2.75, 3.05) is 0 Å². The summed E-state index contributed by atoms with van der Waals surface area (Å²) in [4.78, 5) is 0. The van der Waals surface area contributed by atoms with Crippen LogP contribution in [0.1, 0.15) is 0 Å². The fourth-order valence-corrected chi connectivity index (χ4v) is 6.81. The Bertz CT molecular complexity index is 2370. The van der Waals surface area contributed by atoms with Crippen LogP contribution in [0.15, 0.2) is 115 Å². The number of hydrogen-bond acceptors (Lipinski definition) is 0. The van der Waals surface area contributed by atoms with Crippen LogP contribution >= 0.6 is 0 Å². The van der Waals surface area contributed by atoms with Crippen molar-refractivity contribution in [3.63, 3.8) is 0 Å². The van der Waals surface area contributed by atoms with E-state index in [9.17, 15) is 0 Å². The van der Waals surface area contributed by atoms with Crippen LogP contribution in [0.4, 0.5) is 0 Å². The van der Waals surface area contributed by atoms with Crippen LogP contribution in [0.25, 0.3) is 76.1 Å². The summed E-state index contributed by atoms with van der Waals surface area (Å²) in [6.07, 6.45) is 0. The van der Waals surface area contributed by atoms with Gasteiger partial charge in [0, 0.05) is 0 Å². The van der Waals surface area contributed by atoms with Crippen LogP contribution in [-0.2, 0) is 0 Å². The number of benzene rings is 8. The molecule has 0 N–H and O–H groups in total. The highest BCUT2D eigenvalue weighted by molar-refractivity contribution is 6.69. The zero-order valence-corrected chi connectivity index (χ0v) is 23.4. The molecule has 0 fully saturated rings. The lowest BCUT2D eigenvalue weighted by Gasteiger charge is -2.25. The summed E-state index contributed by atoms with van der Waals surface area (Å²) in [5.41, 5.74) is 5.16. The summed E-state index contributed by atoms with van der Waals surface area (Å²) in [6.45, 7) is 0. The lowest BCUT2D eigenvalue weighted by molar-refractivity contribution is 1.71. The van der Waals surface area contributed by atoms with Gasteiger partial charge in [0.25, 0.3) is 0 Å². The molecule has 0 aliphatic rings. The van der Waals surface area contributed by atoms with Gasteiger partial charge >= 0.3 is 0 Å². The van der Waals surface area contributed by atoms with Gasteiger partial charge in [0.15, 0.2) is 0 Å². The molecule has 0 atom stereocenters. The molecule has 8 aromatic rings. The molecule has 0 unspecified atom stereocenters. The molecule has 0 aliphatic heterocycles. The summed E-state index contributed by atoms with van der Waals surface area (Å²) in [7, 11) is 32.2. The van der Waals surface area contributed by atoms with Gasteiger partial charge in [-0.1, -0.05) is 114 Å². The van der Waals surface area contributed by atoms with Gasteiger partial charge < -0.3 is 0 Å². The van der Waals surface area contributed by atoms with Gasteiger partial charge in [-0.2, -0.15) is 0 Å². The number of rotatable bonds is 2. The van der Waals surface area contributed by atoms with Gasteiger partial charge in [-0.15, -0.1) is 16.4 Å². The molecule has 0 spiro atoms. The van der Waals surface area contributed by atoms with Crippen LogP contribution in [0.3, 0.4) is 0 Å². The van der Waals surface area contributed by atoms with E-state index < -0.39 is 0 Å². The molecule has 0 nitrogen and oxygen atoms in total. The first-order chi connectivity index (χ1) is 20.9. The van der Waals surface area contributed by atoms with Crippen molar-refractivity contribution in [3.8, 4) is 22.3 Å². The Balaban J connectivity index is 1.53. The fraction of sp³-hybridized carbons (Fsp3) is 0. The standard InChI is InChI=1S/C38H19B5/c39-34-33(35(40)37(42)38(43)36(34)41)32-28-12-5-3-10-26(28)31(27-11-4-6-13-29(27)32)25-15-7-14-23-24(25)17-16-22-18-20-8-1-2-9-21(20)19-30(22)23/h1-19H. The molecule has 8 rings (SSSR count). The van der Waals surface area contributed by atoms with E-state index in [0.717, 1.165) is 38.2 Å². The molecule has 0 saturated heterocycles. The maximum Gasteiger partial charge on any atom is 0.113 e. The average Bonchev–Trinajstić information content (AvgIpc) is 3.05. The Kier molecular flexibility index (Phi) is 5.88. The predicted octanol–water partition coefficient (Wildman–Crippen LogP) is 4.76. The van der Waals surface area contributed by atoms with Crippen molar-refractivity contribution in [2.45, 2.75) is 0 Å². The van der Waals surface area contributed by atoms with E-state index in [1.807, 2.05) is 12.1 Å². The third-order valence-corrected chi connectivity index (χ3v) is 8.89. The molecule has 0 bridgehead atoms. The van der Waals surface area contributed by atoms with Gasteiger partial charge in [0.2, 0.25) is 0 Å². The second-order valence-electron chi connectivity index (χ2n) is 11.2. The van der Waals surface area contributed by atoms with E-state index in [1.165, 1.54) is 32.3 Å². The van der Waals surface area contributed by atoms with Gasteiger partial charge in [0.05, 0.1) is 0 Å². The zero-order chi connectivity index (χ0) is 29.4. The molecule has 0 aromatic heterocycles. The van der Waals surface area contributed by atoms with Crippen molar-refractivity contribution < 1.29 is 0 Å². The van der Waals surface area contributed by atoms with E-state index in [0.29, 0.717) is 16.5 Å². The second kappa shape index (κ2) is 9.71. The maximum absolute atomic E-state index is 6.64. The first-order valence-corrected chi connectivity index (χ1v) is 14.2. The van der Waals surface area contributed by atoms with E-state index in [1.54, 1.807) is 0 Å². The maximum atomic E-state index is 6.64. The van der Waals surface area contributed by atoms with Crippen molar-refractivity contribution in [2.24, 2.45) is 0 Å². The first kappa shape index (κ1) is 26.0. The molecular weight excluding hydrogens is 510 g/mol. The minimum atomic E-state index is 0.208. The van der Waals surface area contributed by atoms with Gasteiger partial charge in [-0.3, -0.25) is 0 Å². The van der Waals surface area contributed by atoms with Gasteiger partial charge in [-0.25, -0.2) is 0 Å². The van der Waals surface area contributed by atoms with Crippen molar-refractivity contribution in [1.29, 1.82) is 0 Å². The third-order valence-electron chi connectivity index (χ3n) is 8.89. The van der Waals surface area contributed by atoms with Crippen LogP contribution in [0, 0.1) is 0 Å². The molecule has 0 heterocycles. The smallest absolute Gasteiger partial charge is 0.112 e. The molecule has 0 saturated carbocycles. The van der Waals surface area contributed by atoms with E-state index in [4.69, 9.17) is 39.2 Å². The molecule has 186 valence electrons. The van der Waals surface area contributed by atoms with Crippen molar-refractivity contribution >= 4 is 120 Å². The third kappa shape index (κ3) is 3.77. The largest absolute Gasteiger partial charge is 0.113 e. The number of fused-ring (bicyclic) bond motifs is 6. The van der Waals surface area contributed by atoms with Gasteiger partial charge in [0.1, 0.15) is 39.2 Å². The van der Waals surface area contributed by atoms with Crippen LogP contribution in [-0.4, -0.2) is 39.2 Å². The van der Waals surface area contributed by atoms with Crippen LogP contribution in [0.5, 0.6) is 0 Å². The quantitative estimate of drug-likeness (QED) is 0.172. The zero-order valence-electron chi connectivity index (χ0n) is 23.4.